The Morgan fingerprint density at radius 1 is 1.19 bits per heavy atom. The van der Waals surface area contributed by atoms with Crippen LogP contribution in [0, 0.1) is 0 Å². The minimum absolute atomic E-state index is 0.0367. The van der Waals surface area contributed by atoms with Crippen molar-refractivity contribution in [1.29, 1.82) is 0 Å². The van der Waals surface area contributed by atoms with Gasteiger partial charge >= 0.3 is 0 Å². The molecule has 0 unspecified atom stereocenters. The third kappa shape index (κ3) is 3.61. The molecule has 0 aliphatic carbocycles. The summed E-state index contributed by atoms with van der Waals surface area (Å²) in [7, 11) is 5.11. The van der Waals surface area contributed by atoms with E-state index >= 15 is 0 Å². The summed E-state index contributed by atoms with van der Waals surface area (Å²) >= 11 is 0. The Morgan fingerprint density at radius 2 is 2.00 bits per heavy atom. The Morgan fingerprint density at radius 3 is 2.69 bits per heavy atom. The zero-order valence-corrected chi connectivity index (χ0v) is 14.7. The number of aromatic nitrogens is 5. The molecule has 3 aromatic rings. The lowest BCUT2D eigenvalue weighted by Crippen LogP contribution is -2.22. The third-order valence-electron chi connectivity index (χ3n) is 3.74. The largest absolute Gasteiger partial charge is 0.345 e. The minimum atomic E-state index is -0.228. The minimum Gasteiger partial charge on any atom is -0.345 e. The molecule has 1 N–H and O–H groups in total. The van der Waals surface area contributed by atoms with Gasteiger partial charge in [0.2, 0.25) is 5.91 Å². The van der Waals surface area contributed by atoms with Gasteiger partial charge in [0.1, 0.15) is 12.4 Å². The molecule has 0 radical (unpaired) electrons. The number of anilines is 1. The Labute approximate surface area is 150 Å². The van der Waals surface area contributed by atoms with Crippen molar-refractivity contribution in [3.05, 3.63) is 48.5 Å². The number of carbonyl (C=O) groups is 2. The van der Waals surface area contributed by atoms with E-state index in [2.05, 4.69) is 20.5 Å². The predicted octanol–water partition coefficient (Wildman–Crippen LogP) is 1.02. The topological polar surface area (TPSA) is 97.9 Å². The molecule has 3 rings (SSSR count). The van der Waals surface area contributed by atoms with Crippen LogP contribution in [0.2, 0.25) is 0 Å². The molecule has 9 nitrogen and oxygen atoms in total. The molecule has 3 aromatic heterocycles. The first-order chi connectivity index (χ1) is 12.5. The number of amides is 2. The highest BCUT2D eigenvalue weighted by atomic mass is 16.2. The summed E-state index contributed by atoms with van der Waals surface area (Å²) < 4.78 is 3.07. The lowest BCUT2D eigenvalue weighted by molar-refractivity contribution is -0.116. The summed E-state index contributed by atoms with van der Waals surface area (Å²) in [4.78, 5) is 30.3. The van der Waals surface area contributed by atoms with Gasteiger partial charge < -0.3 is 10.2 Å². The zero-order valence-electron chi connectivity index (χ0n) is 14.7. The van der Waals surface area contributed by atoms with Crippen molar-refractivity contribution in [3.63, 3.8) is 0 Å². The number of pyridine rings is 1. The van der Waals surface area contributed by atoms with E-state index in [9.17, 15) is 9.59 Å². The van der Waals surface area contributed by atoms with E-state index in [-0.39, 0.29) is 18.4 Å². The van der Waals surface area contributed by atoms with E-state index in [1.165, 1.54) is 9.58 Å². The molecule has 0 spiro atoms. The van der Waals surface area contributed by atoms with Gasteiger partial charge in [0, 0.05) is 45.2 Å². The van der Waals surface area contributed by atoms with Gasteiger partial charge in [0.05, 0.1) is 23.7 Å². The van der Waals surface area contributed by atoms with Crippen molar-refractivity contribution in [2.45, 2.75) is 6.54 Å². The van der Waals surface area contributed by atoms with Crippen molar-refractivity contribution >= 4 is 17.6 Å². The Balaban J connectivity index is 1.77. The molecule has 134 valence electrons. The highest BCUT2D eigenvalue weighted by Crippen LogP contribution is 2.21. The molecule has 3 heterocycles. The molecule has 0 aromatic carbocycles. The fraction of sp³-hybridized carbons (Fsp3) is 0.235. The molecule has 0 saturated heterocycles. The van der Waals surface area contributed by atoms with Crippen molar-refractivity contribution in [2.24, 2.45) is 7.05 Å². The van der Waals surface area contributed by atoms with Crippen LogP contribution in [-0.2, 0) is 18.4 Å². The van der Waals surface area contributed by atoms with Crippen LogP contribution < -0.4 is 5.32 Å². The number of hydrogen-bond donors (Lipinski definition) is 1. The van der Waals surface area contributed by atoms with Crippen LogP contribution in [0.3, 0.4) is 0 Å². The van der Waals surface area contributed by atoms with E-state index < -0.39 is 0 Å². The van der Waals surface area contributed by atoms with Crippen LogP contribution in [0.1, 0.15) is 10.4 Å². The predicted molar refractivity (Wildman–Crippen MR) is 95.3 cm³/mol. The fourth-order valence-corrected chi connectivity index (χ4v) is 2.45. The van der Waals surface area contributed by atoms with E-state index in [1.807, 2.05) is 0 Å². The first-order valence-corrected chi connectivity index (χ1v) is 7.93. The quantitative estimate of drug-likeness (QED) is 0.738. The maximum absolute atomic E-state index is 12.3. The lowest BCUT2D eigenvalue weighted by Gasteiger charge is -2.12. The summed E-state index contributed by atoms with van der Waals surface area (Å²) in [6.07, 6.45) is 6.50. The van der Waals surface area contributed by atoms with Crippen LogP contribution in [0.15, 0.2) is 43.0 Å². The van der Waals surface area contributed by atoms with E-state index in [0.717, 1.165) is 0 Å². The van der Waals surface area contributed by atoms with Gasteiger partial charge in [-0.05, 0) is 12.1 Å². The SMILES string of the molecule is CN(C)C(=O)c1cccnc1-c1cnn(CC(=O)Nc2ccnn2C)c1. The lowest BCUT2D eigenvalue weighted by atomic mass is 10.1. The molecule has 0 aliphatic rings. The molecule has 26 heavy (non-hydrogen) atoms. The standard InChI is InChI=1S/C17H19N7O2/c1-22(2)17(26)13-5-4-7-18-16(13)12-9-20-24(10-12)11-15(25)21-14-6-8-19-23(14)3/h4-10H,11H2,1-3H3,(H,21,25). The molecule has 0 atom stereocenters. The number of carbonyl (C=O) groups excluding carboxylic acids is 2. The maximum Gasteiger partial charge on any atom is 0.255 e. The Kier molecular flexibility index (Phi) is 4.78. The van der Waals surface area contributed by atoms with Crippen LogP contribution >= 0.6 is 0 Å². The van der Waals surface area contributed by atoms with Gasteiger partial charge in [-0.1, -0.05) is 0 Å². The number of nitrogens with zero attached hydrogens (tertiary/aromatic N) is 6. The molecule has 0 bridgehead atoms. The second kappa shape index (κ2) is 7.18. The number of nitrogens with one attached hydrogen (secondary N) is 1. The van der Waals surface area contributed by atoms with Crippen LogP contribution in [0.25, 0.3) is 11.3 Å². The monoisotopic (exact) mass is 353 g/mol. The van der Waals surface area contributed by atoms with Crippen LogP contribution in [0.4, 0.5) is 5.82 Å². The van der Waals surface area contributed by atoms with Crippen molar-refractivity contribution < 1.29 is 9.59 Å². The van der Waals surface area contributed by atoms with Gasteiger partial charge in [0.25, 0.3) is 5.91 Å². The van der Waals surface area contributed by atoms with Crippen molar-refractivity contribution in [1.82, 2.24) is 29.4 Å². The third-order valence-corrected chi connectivity index (χ3v) is 3.74. The smallest absolute Gasteiger partial charge is 0.255 e. The first kappa shape index (κ1) is 17.3. The molecule has 0 fully saturated rings. The number of rotatable bonds is 5. The highest BCUT2D eigenvalue weighted by Gasteiger charge is 2.17. The molecule has 0 aliphatic heterocycles. The fourth-order valence-electron chi connectivity index (χ4n) is 2.45. The van der Waals surface area contributed by atoms with Gasteiger partial charge in [-0.15, -0.1) is 0 Å². The van der Waals surface area contributed by atoms with E-state index in [0.29, 0.717) is 22.6 Å². The van der Waals surface area contributed by atoms with Crippen molar-refractivity contribution in [2.75, 3.05) is 19.4 Å². The Hall–Kier alpha value is -3.49. The summed E-state index contributed by atoms with van der Waals surface area (Å²) in [5.41, 5.74) is 1.69. The van der Waals surface area contributed by atoms with E-state index in [4.69, 9.17) is 0 Å². The molecular weight excluding hydrogens is 334 g/mol. The summed E-state index contributed by atoms with van der Waals surface area (Å²) in [6, 6.07) is 5.14. The second-order valence-electron chi connectivity index (χ2n) is 5.91. The zero-order chi connectivity index (χ0) is 18.7. The average Bonchev–Trinajstić information content (AvgIpc) is 3.23. The second-order valence-corrected chi connectivity index (χ2v) is 5.91. The van der Waals surface area contributed by atoms with Gasteiger partial charge in [0.15, 0.2) is 0 Å². The molecule has 9 heteroatoms. The Bertz CT molecular complexity index is 942. The molecule has 0 saturated carbocycles. The van der Waals surface area contributed by atoms with Crippen LogP contribution in [0.5, 0.6) is 0 Å². The number of hydrogen-bond acceptors (Lipinski definition) is 5. The summed E-state index contributed by atoms with van der Waals surface area (Å²) in [5, 5.41) is 11.0. The van der Waals surface area contributed by atoms with Gasteiger partial charge in [-0.3, -0.25) is 23.9 Å². The van der Waals surface area contributed by atoms with E-state index in [1.54, 1.807) is 68.8 Å². The summed E-state index contributed by atoms with van der Waals surface area (Å²) in [6.45, 7) is 0.0367. The summed E-state index contributed by atoms with van der Waals surface area (Å²) in [5.74, 6) is 0.231. The van der Waals surface area contributed by atoms with Gasteiger partial charge in [-0.2, -0.15) is 10.2 Å². The first-order valence-electron chi connectivity index (χ1n) is 7.93. The van der Waals surface area contributed by atoms with Gasteiger partial charge in [-0.25, -0.2) is 0 Å². The highest BCUT2D eigenvalue weighted by molar-refractivity contribution is 5.99. The van der Waals surface area contributed by atoms with Crippen molar-refractivity contribution in [3.8, 4) is 11.3 Å². The number of aryl methyl sites for hydroxylation is 1. The normalized spacial score (nSPS) is 10.6. The average molecular weight is 353 g/mol. The van der Waals surface area contributed by atoms with Crippen LogP contribution in [-0.4, -0.2) is 55.4 Å². The maximum atomic E-state index is 12.3. The molecule has 2 amide bonds. The molecular formula is C17H19N7O2.